The van der Waals surface area contributed by atoms with Crippen molar-refractivity contribution in [3.8, 4) is 11.5 Å². The van der Waals surface area contributed by atoms with Crippen LogP contribution >= 0.6 is 0 Å². The SMILES string of the molecule is COc1cc(N2CCC(CO)(NC(=O)OC(C)(C)C)CC2)c([N+](=O)[O-])cc1OC. The molecule has 29 heavy (non-hydrogen) atoms. The number of carbonyl (C=O) groups excluding carboxylic acids is 1. The van der Waals surface area contributed by atoms with Crippen molar-refractivity contribution in [3.63, 3.8) is 0 Å². The Morgan fingerprint density at radius 1 is 1.24 bits per heavy atom. The van der Waals surface area contributed by atoms with Gasteiger partial charge in [0.15, 0.2) is 11.5 Å². The average molecular weight is 411 g/mol. The van der Waals surface area contributed by atoms with Crippen molar-refractivity contribution < 1.29 is 29.0 Å². The molecule has 10 nitrogen and oxygen atoms in total. The minimum Gasteiger partial charge on any atom is -0.493 e. The number of carbonyl (C=O) groups is 1. The first-order chi connectivity index (χ1) is 13.5. The predicted octanol–water partition coefficient (Wildman–Crippen LogP) is 2.47. The number of nitrogens with one attached hydrogen (secondary N) is 1. The fourth-order valence-corrected chi connectivity index (χ4v) is 3.28. The number of nitro groups is 1. The van der Waals surface area contributed by atoms with E-state index < -0.39 is 22.2 Å². The first kappa shape index (κ1) is 22.5. The van der Waals surface area contributed by atoms with Crippen molar-refractivity contribution in [2.45, 2.75) is 44.8 Å². The van der Waals surface area contributed by atoms with Gasteiger partial charge in [-0.25, -0.2) is 4.79 Å². The molecule has 1 aromatic carbocycles. The molecule has 0 unspecified atom stereocenters. The Kier molecular flexibility index (Phi) is 6.78. The molecule has 1 heterocycles. The molecular weight excluding hydrogens is 382 g/mol. The van der Waals surface area contributed by atoms with Gasteiger partial charge >= 0.3 is 6.09 Å². The average Bonchev–Trinajstić information content (AvgIpc) is 2.65. The Labute approximate surface area is 169 Å². The van der Waals surface area contributed by atoms with Crippen molar-refractivity contribution in [3.05, 3.63) is 22.2 Å². The highest BCUT2D eigenvalue weighted by Gasteiger charge is 2.38. The van der Waals surface area contributed by atoms with E-state index in [1.807, 2.05) is 4.90 Å². The van der Waals surface area contributed by atoms with Crippen LogP contribution in [0, 0.1) is 10.1 Å². The summed E-state index contributed by atoms with van der Waals surface area (Å²) in [6.07, 6.45) is 0.194. The van der Waals surface area contributed by atoms with Crippen molar-refractivity contribution >= 4 is 17.5 Å². The van der Waals surface area contributed by atoms with E-state index in [1.54, 1.807) is 26.8 Å². The van der Waals surface area contributed by atoms with Gasteiger partial charge in [0.2, 0.25) is 0 Å². The Morgan fingerprint density at radius 3 is 2.24 bits per heavy atom. The van der Waals surface area contributed by atoms with E-state index >= 15 is 0 Å². The predicted molar refractivity (Wildman–Crippen MR) is 107 cm³/mol. The molecule has 0 atom stereocenters. The van der Waals surface area contributed by atoms with E-state index in [1.165, 1.54) is 20.3 Å². The van der Waals surface area contributed by atoms with Crippen LogP contribution in [0.3, 0.4) is 0 Å². The Morgan fingerprint density at radius 2 is 1.79 bits per heavy atom. The van der Waals surface area contributed by atoms with Gasteiger partial charge in [-0.3, -0.25) is 10.1 Å². The molecule has 1 amide bonds. The van der Waals surface area contributed by atoms with E-state index in [0.29, 0.717) is 37.4 Å². The molecule has 162 valence electrons. The van der Waals surface area contributed by atoms with Gasteiger partial charge in [0.25, 0.3) is 5.69 Å². The summed E-state index contributed by atoms with van der Waals surface area (Å²) in [7, 11) is 2.88. The lowest BCUT2D eigenvalue weighted by molar-refractivity contribution is -0.384. The molecule has 0 bridgehead atoms. The molecule has 0 aliphatic carbocycles. The highest BCUT2D eigenvalue weighted by molar-refractivity contribution is 5.71. The number of benzene rings is 1. The van der Waals surface area contributed by atoms with Gasteiger partial charge in [-0.05, 0) is 33.6 Å². The number of aliphatic hydroxyl groups excluding tert-OH is 1. The van der Waals surface area contributed by atoms with Gasteiger partial charge in [-0.1, -0.05) is 0 Å². The van der Waals surface area contributed by atoms with Crippen LogP contribution in [-0.4, -0.2) is 61.2 Å². The highest BCUT2D eigenvalue weighted by atomic mass is 16.6. The monoisotopic (exact) mass is 411 g/mol. The molecule has 1 fully saturated rings. The van der Waals surface area contributed by atoms with E-state index in [0.717, 1.165) is 0 Å². The number of anilines is 1. The molecule has 1 aliphatic heterocycles. The Balaban J connectivity index is 2.21. The van der Waals surface area contributed by atoms with Crippen LogP contribution in [0.1, 0.15) is 33.6 Å². The summed E-state index contributed by atoms with van der Waals surface area (Å²) in [5.41, 5.74) is -1.19. The number of alkyl carbamates (subject to hydrolysis) is 1. The fraction of sp³-hybridized carbons (Fsp3) is 0.632. The summed E-state index contributed by atoms with van der Waals surface area (Å²) in [6.45, 7) is 5.82. The third kappa shape index (κ3) is 5.41. The van der Waals surface area contributed by atoms with Crippen molar-refractivity contribution in [2.24, 2.45) is 0 Å². The number of ether oxygens (including phenoxy) is 3. The molecular formula is C19H29N3O7. The van der Waals surface area contributed by atoms with E-state index in [9.17, 15) is 20.0 Å². The lowest BCUT2D eigenvalue weighted by atomic mass is 9.88. The third-order valence-electron chi connectivity index (χ3n) is 4.81. The largest absolute Gasteiger partial charge is 0.493 e. The summed E-state index contributed by atoms with van der Waals surface area (Å²) in [4.78, 5) is 25.1. The van der Waals surface area contributed by atoms with Crippen LogP contribution in [0.15, 0.2) is 12.1 Å². The second-order valence-electron chi connectivity index (χ2n) is 8.01. The maximum Gasteiger partial charge on any atom is 0.408 e. The molecule has 1 aromatic rings. The molecule has 0 spiro atoms. The van der Waals surface area contributed by atoms with E-state index in [-0.39, 0.29) is 18.0 Å². The van der Waals surface area contributed by atoms with Crippen LogP contribution in [0.4, 0.5) is 16.2 Å². The molecule has 2 rings (SSSR count). The van der Waals surface area contributed by atoms with Crippen molar-refractivity contribution in [2.75, 3.05) is 38.8 Å². The lowest BCUT2D eigenvalue weighted by Crippen LogP contribution is -2.58. The molecule has 10 heteroatoms. The highest BCUT2D eigenvalue weighted by Crippen LogP contribution is 2.41. The fourth-order valence-electron chi connectivity index (χ4n) is 3.28. The Hall–Kier alpha value is -2.75. The second kappa shape index (κ2) is 8.73. The number of piperidine rings is 1. The minimum atomic E-state index is -0.843. The summed E-state index contributed by atoms with van der Waals surface area (Å²) in [5, 5.41) is 24.2. The molecule has 1 saturated heterocycles. The zero-order valence-electron chi connectivity index (χ0n) is 17.5. The Bertz CT molecular complexity index is 753. The second-order valence-corrected chi connectivity index (χ2v) is 8.01. The summed E-state index contributed by atoms with van der Waals surface area (Å²) in [5.74, 6) is 0.662. The van der Waals surface area contributed by atoms with Gasteiger partial charge in [-0.2, -0.15) is 0 Å². The zero-order valence-corrected chi connectivity index (χ0v) is 17.5. The lowest BCUT2D eigenvalue weighted by Gasteiger charge is -2.42. The molecule has 2 N–H and O–H groups in total. The summed E-state index contributed by atoms with van der Waals surface area (Å²) in [6, 6.07) is 2.91. The van der Waals surface area contributed by atoms with Gasteiger partial charge < -0.3 is 29.5 Å². The number of rotatable bonds is 6. The molecule has 0 aromatic heterocycles. The van der Waals surface area contributed by atoms with Crippen molar-refractivity contribution in [1.29, 1.82) is 0 Å². The normalized spacial score (nSPS) is 16.1. The number of hydrogen-bond acceptors (Lipinski definition) is 8. The first-order valence-corrected chi connectivity index (χ1v) is 9.31. The number of aliphatic hydroxyl groups is 1. The van der Waals surface area contributed by atoms with Gasteiger partial charge in [-0.15, -0.1) is 0 Å². The topological polar surface area (TPSA) is 123 Å². The van der Waals surface area contributed by atoms with Crippen LogP contribution < -0.4 is 19.7 Å². The van der Waals surface area contributed by atoms with Crippen LogP contribution in [0.25, 0.3) is 0 Å². The van der Waals surface area contributed by atoms with Gasteiger partial charge in [0.1, 0.15) is 11.3 Å². The summed E-state index contributed by atoms with van der Waals surface area (Å²) < 4.78 is 15.7. The summed E-state index contributed by atoms with van der Waals surface area (Å²) >= 11 is 0. The van der Waals surface area contributed by atoms with E-state index in [4.69, 9.17) is 14.2 Å². The number of methoxy groups -OCH3 is 2. The van der Waals surface area contributed by atoms with Crippen LogP contribution in [0.5, 0.6) is 11.5 Å². The van der Waals surface area contributed by atoms with Crippen LogP contribution in [0.2, 0.25) is 0 Å². The van der Waals surface area contributed by atoms with Crippen molar-refractivity contribution in [1.82, 2.24) is 5.32 Å². The molecule has 1 aliphatic rings. The van der Waals surface area contributed by atoms with E-state index in [2.05, 4.69) is 5.32 Å². The number of nitro benzene ring substituents is 1. The molecule has 0 radical (unpaired) electrons. The molecule has 0 saturated carbocycles. The quantitative estimate of drug-likeness (QED) is 0.540. The number of amides is 1. The first-order valence-electron chi connectivity index (χ1n) is 9.31. The number of nitrogens with zero attached hydrogens (tertiary/aromatic N) is 2. The smallest absolute Gasteiger partial charge is 0.408 e. The standard InChI is InChI=1S/C19H29N3O7/c1-18(2,3)29-17(24)20-19(12-23)6-8-21(9-7-19)13-10-15(27-4)16(28-5)11-14(13)22(25)26/h10-11,23H,6-9,12H2,1-5H3,(H,20,24). The number of hydrogen-bond donors (Lipinski definition) is 2. The van der Waals surface area contributed by atoms with Crippen LogP contribution in [-0.2, 0) is 4.74 Å². The maximum absolute atomic E-state index is 12.2. The van der Waals surface area contributed by atoms with Gasteiger partial charge in [0, 0.05) is 19.2 Å². The minimum absolute atomic E-state index is 0.0979. The zero-order chi connectivity index (χ0) is 21.8. The van der Waals surface area contributed by atoms with Gasteiger partial charge in [0.05, 0.1) is 37.4 Å². The maximum atomic E-state index is 12.2. The third-order valence-corrected chi connectivity index (χ3v) is 4.81.